The molecule has 69 heavy (non-hydrogen) atoms. The van der Waals surface area contributed by atoms with E-state index >= 15 is 0 Å². The molecule has 15 heteroatoms. The van der Waals surface area contributed by atoms with Gasteiger partial charge >= 0.3 is 18.0 Å². The van der Waals surface area contributed by atoms with Crippen molar-refractivity contribution >= 4 is 43.0 Å². The van der Waals surface area contributed by atoms with Gasteiger partial charge in [-0.1, -0.05) is 107 Å². The maximum atomic E-state index is 14.2. The Labute approximate surface area is 423 Å². The average Bonchev–Trinajstić information content (AvgIpc) is 4.10. The Morgan fingerprint density at radius 2 is 1.43 bits per heavy atom. The third-order valence-electron chi connectivity index (χ3n) is 16.7. The van der Waals surface area contributed by atoms with Crippen molar-refractivity contribution in [2.24, 2.45) is 11.8 Å². The van der Waals surface area contributed by atoms with E-state index in [4.69, 9.17) is 32.2 Å². The van der Waals surface area contributed by atoms with Gasteiger partial charge in [0.2, 0.25) is 0 Å². The number of amides is 1. The molecular formula is C54H100N2O10Si3. The number of hydrogen-bond acceptors (Lipinski definition) is 11. The second-order valence-electron chi connectivity index (χ2n) is 21.3. The minimum atomic E-state index is -2.21. The van der Waals surface area contributed by atoms with Crippen molar-refractivity contribution in [1.82, 2.24) is 9.80 Å². The Balaban J connectivity index is 2.06. The van der Waals surface area contributed by atoms with Gasteiger partial charge in [-0.15, -0.1) is 0 Å². The topological polar surface area (TPSA) is 126 Å². The fourth-order valence-electron chi connectivity index (χ4n) is 10.8. The number of hydrogen-bond donors (Lipinski definition) is 0. The zero-order chi connectivity index (χ0) is 51.8. The summed E-state index contributed by atoms with van der Waals surface area (Å²) >= 11 is 0. The average molecular weight is 1020 g/mol. The van der Waals surface area contributed by atoms with Crippen LogP contribution in [0.25, 0.3) is 0 Å². The van der Waals surface area contributed by atoms with E-state index < -0.39 is 66.5 Å². The molecule has 0 spiro atoms. The summed E-state index contributed by atoms with van der Waals surface area (Å²) in [5, 5.41) is 0. The first kappa shape index (κ1) is 61.2. The number of rotatable bonds is 25. The molecule has 3 rings (SSSR count). The maximum Gasteiger partial charge on any atom is 0.410 e. The van der Waals surface area contributed by atoms with Crippen molar-refractivity contribution in [2.45, 2.75) is 245 Å². The molecule has 3 aliphatic rings. The van der Waals surface area contributed by atoms with Crippen LogP contribution in [0.2, 0.25) is 54.4 Å². The molecular weight excluding hydrogens is 921 g/mol. The Hall–Kier alpha value is -2.12. The summed E-state index contributed by atoms with van der Waals surface area (Å²) in [5.74, 6) is -0.874. The molecule has 10 atom stereocenters. The molecule has 10 unspecified atom stereocenters. The van der Waals surface area contributed by atoms with Crippen molar-refractivity contribution in [3.63, 3.8) is 0 Å². The molecule has 0 radical (unpaired) electrons. The van der Waals surface area contributed by atoms with Crippen LogP contribution in [0.15, 0.2) is 36.0 Å². The van der Waals surface area contributed by atoms with Crippen molar-refractivity contribution in [1.29, 1.82) is 0 Å². The van der Waals surface area contributed by atoms with Crippen LogP contribution in [0.5, 0.6) is 0 Å². The van der Waals surface area contributed by atoms with Crippen LogP contribution < -0.4 is 0 Å². The summed E-state index contributed by atoms with van der Waals surface area (Å²) in [7, 11) is -4.02. The van der Waals surface area contributed by atoms with Gasteiger partial charge in [0.15, 0.2) is 36.7 Å². The van der Waals surface area contributed by atoms with Gasteiger partial charge in [-0.2, -0.15) is 0 Å². The first-order valence-electron chi connectivity index (χ1n) is 27.4. The molecule has 2 fully saturated rings. The number of cyclic esters (lactones) is 1. The molecule has 0 saturated carbocycles. The minimum Gasteiger partial charge on any atom is -0.457 e. The third kappa shape index (κ3) is 17.2. The van der Waals surface area contributed by atoms with Gasteiger partial charge in [0.25, 0.3) is 0 Å². The molecule has 0 bridgehead atoms. The summed E-state index contributed by atoms with van der Waals surface area (Å²) in [4.78, 5) is 44.9. The highest BCUT2D eigenvalue weighted by Crippen LogP contribution is 2.43. The summed E-state index contributed by atoms with van der Waals surface area (Å²) in [6.45, 7) is 36.8. The van der Waals surface area contributed by atoms with Crippen LogP contribution in [0.3, 0.4) is 0 Å². The number of ether oxygens (including phenoxy) is 4. The van der Waals surface area contributed by atoms with Gasteiger partial charge in [-0.25, -0.2) is 4.79 Å². The first-order valence-corrected chi connectivity index (χ1v) is 34.9. The van der Waals surface area contributed by atoms with Gasteiger partial charge in [0.1, 0.15) is 6.10 Å². The van der Waals surface area contributed by atoms with Gasteiger partial charge in [-0.3, -0.25) is 9.59 Å². The molecule has 1 amide bonds. The van der Waals surface area contributed by atoms with E-state index in [1.54, 1.807) is 4.90 Å². The number of carbonyl (C=O) groups excluding carboxylic acids is 3. The SMILES string of the molecule is CCC(O[Si](CC)(CC)CC)C(C)C1OC1CC(C)(C=CC=C(C)C1OC(=O)CC(O[Si](CC)(CC)CC)CCC(C)(OC(=O)N2CCN(C)CC2)C(OC(C)=O)C=CC1C)O[Si](CC)(CC)CC. The lowest BCUT2D eigenvalue weighted by Crippen LogP contribution is -2.52. The number of esters is 2. The summed E-state index contributed by atoms with van der Waals surface area (Å²) in [5.41, 5.74) is -0.972. The van der Waals surface area contributed by atoms with Crippen LogP contribution in [0.1, 0.15) is 143 Å². The van der Waals surface area contributed by atoms with Crippen LogP contribution in [-0.2, 0) is 41.8 Å². The highest BCUT2D eigenvalue weighted by Gasteiger charge is 2.51. The van der Waals surface area contributed by atoms with Crippen LogP contribution in [0.4, 0.5) is 4.79 Å². The monoisotopic (exact) mass is 1020 g/mol. The molecule has 0 N–H and O–H groups in total. The molecule has 0 aromatic heterocycles. The van der Waals surface area contributed by atoms with Gasteiger partial charge < -0.3 is 42.0 Å². The number of carbonyl (C=O) groups is 3. The molecule has 0 aliphatic carbocycles. The molecule has 12 nitrogen and oxygen atoms in total. The van der Waals surface area contributed by atoms with Crippen molar-refractivity contribution in [2.75, 3.05) is 33.2 Å². The normalized spacial score (nSPS) is 27.8. The lowest BCUT2D eigenvalue weighted by atomic mass is 9.88. The van der Waals surface area contributed by atoms with Crippen LogP contribution in [0, 0.1) is 11.8 Å². The molecule has 3 aliphatic heterocycles. The second kappa shape index (κ2) is 27.8. The van der Waals surface area contributed by atoms with E-state index in [1.165, 1.54) is 6.92 Å². The number of epoxide rings is 1. The molecule has 398 valence electrons. The Morgan fingerprint density at radius 1 is 0.870 bits per heavy atom. The highest BCUT2D eigenvalue weighted by atomic mass is 28.4. The zero-order valence-electron chi connectivity index (χ0n) is 46.7. The zero-order valence-corrected chi connectivity index (χ0v) is 49.7. The number of likely N-dealkylation sites (N-methyl/N-ethyl adjacent to an activating group) is 1. The van der Waals surface area contributed by atoms with E-state index in [9.17, 15) is 14.4 Å². The smallest absolute Gasteiger partial charge is 0.410 e. The van der Waals surface area contributed by atoms with Crippen molar-refractivity contribution in [3.05, 3.63) is 36.0 Å². The molecule has 3 heterocycles. The molecule has 0 aromatic rings. The van der Waals surface area contributed by atoms with E-state index in [0.29, 0.717) is 25.9 Å². The molecule has 2 saturated heterocycles. The quantitative estimate of drug-likeness (QED) is 0.0217. The summed E-state index contributed by atoms with van der Waals surface area (Å²) < 4.78 is 47.0. The Morgan fingerprint density at radius 3 is 1.96 bits per heavy atom. The lowest BCUT2D eigenvalue weighted by molar-refractivity contribution is -0.158. The fourth-order valence-corrected chi connectivity index (χ4v) is 19.8. The van der Waals surface area contributed by atoms with E-state index in [2.05, 4.69) is 100 Å². The van der Waals surface area contributed by atoms with Crippen LogP contribution in [-0.4, -0.2) is 134 Å². The van der Waals surface area contributed by atoms with Gasteiger partial charge in [-0.05, 0) is 113 Å². The first-order chi connectivity index (χ1) is 32.6. The van der Waals surface area contributed by atoms with E-state index in [-0.39, 0.29) is 42.5 Å². The third-order valence-corrected chi connectivity index (χ3v) is 30.9. The lowest BCUT2D eigenvalue weighted by Gasteiger charge is -2.40. The fraction of sp³-hybridized carbons (Fsp3) is 0.833. The Bertz CT molecular complexity index is 1670. The standard InChI is InChI=1S/C54H100N2O10Si3/c1-18-46(65-68(22-5,23-6)24-7)43(13)51-47(61-51)40-53(15,66-69(25-8,26-9)27-10)33-28-29-41(11)50-42(12)30-31-48(60-44(14)57)54(16,63-52(59)56-37-35-55(17)36-38-56)34-32-45(39-49(58)62-50)64-67(19-2,20-3)21-4/h28-31,33,42-43,45-48,50-51H,18-27,32,34-40H2,1-17H3. The highest BCUT2D eigenvalue weighted by molar-refractivity contribution is 6.74. The second-order valence-corrected chi connectivity index (χ2v) is 35.5. The maximum absolute atomic E-state index is 14.2. The summed E-state index contributed by atoms with van der Waals surface area (Å²) in [6.07, 6.45) is 10.4. The Kier molecular flexibility index (Phi) is 24.6. The van der Waals surface area contributed by atoms with Gasteiger partial charge in [0, 0.05) is 57.5 Å². The van der Waals surface area contributed by atoms with E-state index in [0.717, 1.165) is 85.9 Å². The minimum absolute atomic E-state index is 0.0542. The number of allylic oxidation sites excluding steroid dienone is 2. The molecule has 0 aromatic carbocycles. The van der Waals surface area contributed by atoms with Crippen molar-refractivity contribution < 1.29 is 46.6 Å². The van der Waals surface area contributed by atoms with Crippen LogP contribution >= 0.6 is 0 Å². The largest absolute Gasteiger partial charge is 0.457 e. The van der Waals surface area contributed by atoms with Gasteiger partial charge in [0.05, 0.1) is 30.3 Å². The predicted octanol–water partition coefficient (Wildman–Crippen LogP) is 12.6. The number of piperazine rings is 1. The number of nitrogens with zero attached hydrogens (tertiary/aromatic N) is 2. The van der Waals surface area contributed by atoms with Crippen molar-refractivity contribution in [3.8, 4) is 0 Å². The van der Waals surface area contributed by atoms with E-state index in [1.807, 2.05) is 46.0 Å². The predicted molar refractivity (Wildman–Crippen MR) is 288 cm³/mol. The summed E-state index contributed by atoms with van der Waals surface area (Å²) in [6, 6.07) is 9.21.